The van der Waals surface area contributed by atoms with Crippen LogP contribution in [0.25, 0.3) is 0 Å². The minimum Gasteiger partial charge on any atom is -0.258 e. The molecular formula is C8H8ClF3N2O4S2. The topological polar surface area (TPSA) is 80.5 Å². The highest BCUT2D eigenvalue weighted by Crippen LogP contribution is 2.37. The maximum atomic E-state index is 12.3. The number of halogens is 4. The Balaban J connectivity index is 3.21. The molecule has 0 atom stereocenters. The zero-order chi connectivity index (χ0) is 15.7. The molecule has 20 heavy (non-hydrogen) atoms. The predicted molar refractivity (Wildman–Crippen MR) is 66.5 cm³/mol. The van der Waals surface area contributed by atoms with E-state index in [0.29, 0.717) is 17.4 Å². The van der Waals surface area contributed by atoms with Crippen LogP contribution in [-0.2, 0) is 10.0 Å². The summed E-state index contributed by atoms with van der Waals surface area (Å²) in [6.07, 6.45) is -4.71. The van der Waals surface area contributed by atoms with Crippen LogP contribution in [0.5, 0.6) is 0 Å². The van der Waals surface area contributed by atoms with E-state index in [9.17, 15) is 31.7 Å². The van der Waals surface area contributed by atoms with E-state index in [0.717, 1.165) is 0 Å². The summed E-state index contributed by atoms with van der Waals surface area (Å²) in [6.45, 7) is -0.868. The Labute approximate surface area is 121 Å². The maximum Gasteiger partial charge on any atom is 0.402 e. The van der Waals surface area contributed by atoms with E-state index in [-0.39, 0.29) is 4.31 Å². The monoisotopic (exact) mass is 352 g/mol. The van der Waals surface area contributed by atoms with Gasteiger partial charge >= 0.3 is 6.18 Å². The molecule has 6 nitrogen and oxygen atoms in total. The highest BCUT2D eigenvalue weighted by Gasteiger charge is 2.38. The number of sulfonamides is 1. The number of thiophene rings is 1. The Morgan fingerprint density at radius 2 is 2.05 bits per heavy atom. The number of alkyl halides is 3. The predicted octanol–water partition coefficient (Wildman–Crippen LogP) is 2.88. The van der Waals surface area contributed by atoms with Gasteiger partial charge in [-0.15, -0.1) is 11.3 Å². The van der Waals surface area contributed by atoms with Gasteiger partial charge in [0.25, 0.3) is 15.7 Å². The second-order valence-corrected chi connectivity index (χ2v) is 7.35. The Bertz CT molecular complexity index is 614. The minimum atomic E-state index is -4.71. The molecule has 0 fully saturated rings. The van der Waals surface area contributed by atoms with Gasteiger partial charge < -0.3 is 0 Å². The summed E-state index contributed by atoms with van der Waals surface area (Å²) in [5, 5.41) is 10.6. The van der Waals surface area contributed by atoms with Crippen LogP contribution in [-0.4, -0.2) is 36.9 Å². The van der Waals surface area contributed by atoms with Gasteiger partial charge in [0, 0.05) is 12.6 Å². The first-order chi connectivity index (χ1) is 8.99. The first kappa shape index (κ1) is 17.1. The molecule has 0 bridgehead atoms. The fraction of sp³-hybridized carbons (Fsp3) is 0.500. The lowest BCUT2D eigenvalue weighted by atomic mass is 10.6. The molecule has 0 saturated carbocycles. The lowest BCUT2D eigenvalue weighted by molar-refractivity contribution is -0.384. The number of hydrogen-bond donors (Lipinski definition) is 0. The van der Waals surface area contributed by atoms with Crippen molar-refractivity contribution in [1.29, 1.82) is 0 Å². The summed E-state index contributed by atoms with van der Waals surface area (Å²) in [7, 11) is -4.48. The molecule has 1 heterocycles. The SMILES string of the molecule is CCN(CC(F)(F)F)S(=O)(=O)c1cc([N+](=O)[O-])c(Cl)s1. The molecular weight excluding hydrogens is 345 g/mol. The van der Waals surface area contributed by atoms with E-state index in [2.05, 4.69) is 0 Å². The minimum absolute atomic E-state index is 0.179. The number of rotatable bonds is 5. The molecule has 12 heteroatoms. The summed E-state index contributed by atoms with van der Waals surface area (Å²) in [6, 6.07) is 0.654. The van der Waals surface area contributed by atoms with Crippen LogP contribution in [0.15, 0.2) is 10.3 Å². The van der Waals surface area contributed by atoms with Crippen molar-refractivity contribution in [3.8, 4) is 0 Å². The van der Waals surface area contributed by atoms with E-state index in [1.165, 1.54) is 6.92 Å². The average molecular weight is 353 g/mol. The van der Waals surface area contributed by atoms with Crippen molar-refractivity contribution < 1.29 is 26.5 Å². The number of nitrogens with zero attached hydrogens (tertiary/aromatic N) is 2. The average Bonchev–Trinajstić information content (AvgIpc) is 2.67. The molecule has 0 radical (unpaired) electrons. The molecule has 1 aromatic rings. The van der Waals surface area contributed by atoms with Crippen molar-refractivity contribution in [2.75, 3.05) is 13.1 Å². The number of nitro groups is 1. The molecule has 1 aromatic heterocycles. The van der Waals surface area contributed by atoms with Gasteiger partial charge in [-0.05, 0) is 0 Å². The zero-order valence-corrected chi connectivity index (χ0v) is 12.2. The molecule has 0 spiro atoms. The smallest absolute Gasteiger partial charge is 0.258 e. The first-order valence-electron chi connectivity index (χ1n) is 4.99. The van der Waals surface area contributed by atoms with E-state index < -0.39 is 48.4 Å². The van der Waals surface area contributed by atoms with Crippen LogP contribution in [0, 0.1) is 10.1 Å². The van der Waals surface area contributed by atoms with Crippen molar-refractivity contribution >= 4 is 38.6 Å². The van der Waals surface area contributed by atoms with Crippen molar-refractivity contribution in [3.05, 3.63) is 20.5 Å². The molecule has 0 unspecified atom stereocenters. The van der Waals surface area contributed by atoms with E-state index in [1.54, 1.807) is 0 Å². The molecule has 0 aliphatic heterocycles. The van der Waals surface area contributed by atoms with Gasteiger partial charge in [-0.25, -0.2) is 8.42 Å². The number of hydrogen-bond acceptors (Lipinski definition) is 5. The van der Waals surface area contributed by atoms with Crippen LogP contribution in [0.3, 0.4) is 0 Å². The summed E-state index contributed by atoms with van der Waals surface area (Å²) < 4.78 is 60.1. The molecule has 0 N–H and O–H groups in total. The van der Waals surface area contributed by atoms with Crippen LogP contribution in [0.2, 0.25) is 4.34 Å². The fourth-order valence-electron chi connectivity index (χ4n) is 1.28. The van der Waals surface area contributed by atoms with Crippen molar-refractivity contribution in [1.82, 2.24) is 4.31 Å². The van der Waals surface area contributed by atoms with Gasteiger partial charge in [0.15, 0.2) is 4.34 Å². The Hall–Kier alpha value is -0.910. The van der Waals surface area contributed by atoms with E-state index >= 15 is 0 Å². The fourth-order valence-corrected chi connectivity index (χ4v) is 4.54. The third kappa shape index (κ3) is 3.81. The Morgan fingerprint density at radius 3 is 2.40 bits per heavy atom. The molecule has 0 aliphatic carbocycles. The zero-order valence-electron chi connectivity index (χ0n) is 9.85. The first-order valence-corrected chi connectivity index (χ1v) is 7.63. The molecule has 1 rings (SSSR count). The molecule has 0 aliphatic rings. The molecule has 0 aromatic carbocycles. The maximum absolute atomic E-state index is 12.3. The largest absolute Gasteiger partial charge is 0.402 e. The Morgan fingerprint density at radius 1 is 1.50 bits per heavy atom. The van der Waals surface area contributed by atoms with Gasteiger partial charge in [-0.2, -0.15) is 17.5 Å². The second kappa shape index (κ2) is 5.84. The standard InChI is InChI=1S/C8H8ClF3N2O4S2/c1-2-13(4-8(10,11)12)20(17,18)6-3-5(14(15)16)7(9)19-6/h3H,2,4H2,1H3. The second-order valence-electron chi connectivity index (χ2n) is 3.53. The van der Waals surface area contributed by atoms with Crippen molar-refractivity contribution in [2.24, 2.45) is 0 Å². The van der Waals surface area contributed by atoms with Gasteiger partial charge in [-0.1, -0.05) is 18.5 Å². The summed E-state index contributed by atoms with van der Waals surface area (Å²) in [4.78, 5) is 9.66. The van der Waals surface area contributed by atoms with Gasteiger partial charge in [0.1, 0.15) is 10.8 Å². The van der Waals surface area contributed by atoms with Crippen molar-refractivity contribution in [3.63, 3.8) is 0 Å². The summed E-state index contributed by atoms with van der Waals surface area (Å²) in [5.41, 5.74) is -0.654. The third-order valence-electron chi connectivity index (χ3n) is 2.15. The third-order valence-corrected chi connectivity index (χ3v) is 5.85. The quantitative estimate of drug-likeness (QED) is 0.602. The summed E-state index contributed by atoms with van der Waals surface area (Å²) in [5.74, 6) is 0. The summed E-state index contributed by atoms with van der Waals surface area (Å²) >= 11 is 5.84. The Kier molecular flexibility index (Phi) is 5.00. The van der Waals surface area contributed by atoms with Gasteiger partial charge in [0.2, 0.25) is 0 Å². The molecule has 0 saturated heterocycles. The van der Waals surface area contributed by atoms with E-state index in [4.69, 9.17) is 11.6 Å². The highest BCUT2D eigenvalue weighted by molar-refractivity contribution is 7.91. The molecule has 114 valence electrons. The van der Waals surface area contributed by atoms with Crippen LogP contribution in [0.1, 0.15) is 6.92 Å². The van der Waals surface area contributed by atoms with Gasteiger partial charge in [-0.3, -0.25) is 10.1 Å². The van der Waals surface area contributed by atoms with Crippen LogP contribution in [0.4, 0.5) is 18.9 Å². The normalized spacial score (nSPS) is 12.9. The van der Waals surface area contributed by atoms with Crippen LogP contribution < -0.4 is 0 Å². The molecule has 0 amide bonds. The lowest BCUT2D eigenvalue weighted by Gasteiger charge is -2.20. The van der Waals surface area contributed by atoms with Crippen LogP contribution >= 0.6 is 22.9 Å². The lowest BCUT2D eigenvalue weighted by Crippen LogP contribution is -2.38. The van der Waals surface area contributed by atoms with Gasteiger partial charge in [0.05, 0.1) is 4.92 Å². The highest BCUT2D eigenvalue weighted by atomic mass is 35.5. The van der Waals surface area contributed by atoms with Crippen molar-refractivity contribution in [2.45, 2.75) is 17.3 Å². The van der Waals surface area contributed by atoms with E-state index in [1.807, 2.05) is 0 Å².